The summed E-state index contributed by atoms with van der Waals surface area (Å²) in [5, 5.41) is 2.78. The number of esters is 1. The van der Waals surface area contributed by atoms with Gasteiger partial charge in [-0.1, -0.05) is 36.4 Å². The minimum absolute atomic E-state index is 0.147. The van der Waals surface area contributed by atoms with E-state index < -0.39 is 17.6 Å². The third-order valence-electron chi connectivity index (χ3n) is 3.91. The van der Waals surface area contributed by atoms with Gasteiger partial charge >= 0.3 is 12.0 Å². The van der Waals surface area contributed by atoms with Gasteiger partial charge in [-0.15, -0.1) is 0 Å². The number of hydrogen-bond donors (Lipinski definition) is 1. The van der Waals surface area contributed by atoms with Gasteiger partial charge in [-0.25, -0.2) is 9.59 Å². The SMILES string of the molecule is CN1CN(C/C=C/C(=O)OC(C)(C)C)C(=O)N[C@@H](Cc2ccccc2)C1=O. The van der Waals surface area contributed by atoms with Crippen LogP contribution < -0.4 is 5.32 Å². The van der Waals surface area contributed by atoms with Crippen molar-refractivity contribution in [2.45, 2.75) is 38.8 Å². The maximum absolute atomic E-state index is 12.6. The van der Waals surface area contributed by atoms with Crippen LogP contribution in [0.3, 0.4) is 0 Å². The molecule has 1 aromatic carbocycles. The van der Waals surface area contributed by atoms with Crippen LogP contribution in [-0.2, 0) is 20.7 Å². The van der Waals surface area contributed by atoms with Gasteiger partial charge in [0.1, 0.15) is 11.6 Å². The molecular formula is C20H27N3O4. The second-order valence-corrected chi connectivity index (χ2v) is 7.53. The Balaban J connectivity index is 1.99. The standard InChI is InChI=1S/C20H27N3O4/c1-20(2,3)27-17(24)11-8-12-23-14-22(4)18(25)16(21-19(23)26)13-15-9-6-5-7-10-15/h5-11,16H,12-14H2,1-4H3,(H,21,26)/b11-8+/t16-/m0/s1. The molecule has 3 amide bonds. The number of benzene rings is 1. The fourth-order valence-corrected chi connectivity index (χ4v) is 2.70. The highest BCUT2D eigenvalue weighted by Gasteiger charge is 2.31. The highest BCUT2D eigenvalue weighted by molar-refractivity contribution is 5.89. The maximum atomic E-state index is 12.6. The van der Waals surface area contributed by atoms with E-state index in [1.54, 1.807) is 33.9 Å². The lowest BCUT2D eigenvalue weighted by Gasteiger charge is -2.22. The van der Waals surface area contributed by atoms with Crippen molar-refractivity contribution in [3.63, 3.8) is 0 Å². The summed E-state index contributed by atoms with van der Waals surface area (Å²) in [6.07, 6.45) is 3.29. The number of nitrogens with zero attached hydrogens (tertiary/aromatic N) is 2. The van der Waals surface area contributed by atoms with E-state index in [1.807, 2.05) is 30.3 Å². The highest BCUT2D eigenvalue weighted by Crippen LogP contribution is 2.11. The molecule has 1 N–H and O–H groups in total. The van der Waals surface area contributed by atoms with Crippen LogP contribution in [0.15, 0.2) is 42.5 Å². The molecule has 0 aliphatic carbocycles. The molecule has 7 heteroatoms. The van der Waals surface area contributed by atoms with Gasteiger partial charge in [-0.3, -0.25) is 4.79 Å². The molecule has 146 valence electrons. The molecule has 1 aliphatic rings. The minimum Gasteiger partial charge on any atom is -0.457 e. The lowest BCUT2D eigenvalue weighted by atomic mass is 10.1. The van der Waals surface area contributed by atoms with Crippen molar-refractivity contribution in [2.24, 2.45) is 0 Å². The maximum Gasteiger partial charge on any atom is 0.331 e. The summed E-state index contributed by atoms with van der Waals surface area (Å²) in [5.74, 6) is -0.616. The summed E-state index contributed by atoms with van der Waals surface area (Å²) in [6.45, 7) is 5.70. The van der Waals surface area contributed by atoms with Gasteiger partial charge in [-0.05, 0) is 26.3 Å². The van der Waals surface area contributed by atoms with Crippen LogP contribution in [0.25, 0.3) is 0 Å². The molecule has 1 atom stereocenters. The first-order chi connectivity index (χ1) is 12.7. The third-order valence-corrected chi connectivity index (χ3v) is 3.91. The first-order valence-corrected chi connectivity index (χ1v) is 8.89. The van der Waals surface area contributed by atoms with Crippen molar-refractivity contribution in [1.82, 2.24) is 15.1 Å². The first-order valence-electron chi connectivity index (χ1n) is 8.89. The topological polar surface area (TPSA) is 79.0 Å². The fraction of sp³-hybridized carbons (Fsp3) is 0.450. The predicted molar refractivity (Wildman–Crippen MR) is 102 cm³/mol. The van der Waals surface area contributed by atoms with Gasteiger partial charge in [-0.2, -0.15) is 0 Å². The van der Waals surface area contributed by atoms with Crippen molar-refractivity contribution >= 4 is 17.9 Å². The second-order valence-electron chi connectivity index (χ2n) is 7.53. The van der Waals surface area contributed by atoms with Crippen LogP contribution in [0.2, 0.25) is 0 Å². The molecule has 2 rings (SSSR count). The number of nitrogens with one attached hydrogen (secondary N) is 1. The summed E-state index contributed by atoms with van der Waals surface area (Å²) >= 11 is 0. The molecule has 1 aliphatic heterocycles. The van der Waals surface area contributed by atoms with Gasteiger partial charge in [0.2, 0.25) is 5.91 Å². The molecule has 0 saturated carbocycles. The van der Waals surface area contributed by atoms with E-state index in [2.05, 4.69) is 5.32 Å². The number of rotatable bonds is 5. The number of ether oxygens (including phenoxy) is 1. The molecule has 1 aromatic rings. The number of carbonyl (C=O) groups is 3. The Kier molecular flexibility index (Phi) is 6.60. The normalized spacial score (nSPS) is 18.4. The Bertz CT molecular complexity index is 710. The molecular weight excluding hydrogens is 346 g/mol. The minimum atomic E-state index is -0.621. The average Bonchev–Trinajstić information content (AvgIpc) is 2.67. The Morgan fingerprint density at radius 1 is 1.26 bits per heavy atom. The molecule has 0 aromatic heterocycles. The molecule has 0 bridgehead atoms. The van der Waals surface area contributed by atoms with Crippen molar-refractivity contribution in [3.8, 4) is 0 Å². The monoisotopic (exact) mass is 373 g/mol. The smallest absolute Gasteiger partial charge is 0.331 e. The Morgan fingerprint density at radius 2 is 1.93 bits per heavy atom. The Hall–Kier alpha value is -2.83. The molecule has 0 radical (unpaired) electrons. The summed E-state index contributed by atoms with van der Waals surface area (Å²) in [4.78, 5) is 39.8. The van der Waals surface area contributed by atoms with Gasteiger partial charge in [0, 0.05) is 26.1 Å². The van der Waals surface area contributed by atoms with E-state index in [9.17, 15) is 14.4 Å². The average molecular weight is 373 g/mol. The van der Waals surface area contributed by atoms with Crippen molar-refractivity contribution in [3.05, 3.63) is 48.0 Å². The number of amides is 3. The summed E-state index contributed by atoms with van der Waals surface area (Å²) in [6, 6.07) is 8.58. The Morgan fingerprint density at radius 3 is 2.56 bits per heavy atom. The lowest BCUT2D eigenvalue weighted by Crippen LogP contribution is -2.45. The summed E-state index contributed by atoms with van der Waals surface area (Å²) < 4.78 is 5.19. The zero-order chi connectivity index (χ0) is 20.0. The molecule has 0 unspecified atom stereocenters. The molecule has 1 saturated heterocycles. The fourth-order valence-electron chi connectivity index (χ4n) is 2.70. The predicted octanol–water partition coefficient (Wildman–Crippen LogP) is 1.94. The van der Waals surface area contributed by atoms with Crippen molar-refractivity contribution < 1.29 is 19.1 Å². The van der Waals surface area contributed by atoms with E-state index in [4.69, 9.17) is 4.74 Å². The van der Waals surface area contributed by atoms with E-state index >= 15 is 0 Å². The zero-order valence-electron chi connectivity index (χ0n) is 16.3. The Labute approximate surface area is 160 Å². The third kappa shape index (κ3) is 6.44. The van der Waals surface area contributed by atoms with E-state index in [0.29, 0.717) is 6.42 Å². The summed E-state index contributed by atoms with van der Waals surface area (Å²) in [7, 11) is 1.66. The molecule has 1 heterocycles. The highest BCUT2D eigenvalue weighted by atomic mass is 16.6. The van der Waals surface area contributed by atoms with Gasteiger partial charge in [0.15, 0.2) is 0 Å². The van der Waals surface area contributed by atoms with Crippen LogP contribution in [0.1, 0.15) is 26.3 Å². The van der Waals surface area contributed by atoms with E-state index in [-0.39, 0.29) is 25.2 Å². The molecule has 27 heavy (non-hydrogen) atoms. The quantitative estimate of drug-likeness (QED) is 0.632. The van der Waals surface area contributed by atoms with Crippen LogP contribution in [0.4, 0.5) is 4.79 Å². The first kappa shape index (κ1) is 20.5. The van der Waals surface area contributed by atoms with Crippen molar-refractivity contribution in [1.29, 1.82) is 0 Å². The lowest BCUT2D eigenvalue weighted by molar-refractivity contribution is -0.148. The van der Waals surface area contributed by atoms with Gasteiger partial charge in [0.25, 0.3) is 0 Å². The second kappa shape index (κ2) is 8.70. The zero-order valence-corrected chi connectivity index (χ0v) is 16.3. The van der Waals surface area contributed by atoms with Crippen LogP contribution in [0.5, 0.6) is 0 Å². The van der Waals surface area contributed by atoms with E-state index in [1.165, 1.54) is 15.9 Å². The van der Waals surface area contributed by atoms with Gasteiger partial charge < -0.3 is 19.9 Å². The van der Waals surface area contributed by atoms with Crippen LogP contribution in [-0.4, -0.2) is 59.6 Å². The van der Waals surface area contributed by atoms with Crippen LogP contribution >= 0.6 is 0 Å². The number of hydrogen-bond acceptors (Lipinski definition) is 4. The molecule has 0 spiro atoms. The summed E-state index contributed by atoms with van der Waals surface area (Å²) in [5.41, 5.74) is 0.404. The van der Waals surface area contributed by atoms with Crippen LogP contribution in [0, 0.1) is 0 Å². The van der Waals surface area contributed by atoms with E-state index in [0.717, 1.165) is 5.56 Å². The van der Waals surface area contributed by atoms with Crippen molar-refractivity contribution in [2.75, 3.05) is 20.3 Å². The number of carbonyl (C=O) groups excluding carboxylic acids is 3. The largest absolute Gasteiger partial charge is 0.457 e. The van der Waals surface area contributed by atoms with Gasteiger partial charge in [0.05, 0.1) is 6.67 Å². The number of likely N-dealkylation sites (N-methyl/N-ethyl adjacent to an activating group) is 1. The molecule has 7 nitrogen and oxygen atoms in total. The molecule has 1 fully saturated rings. The number of urea groups is 1.